The first-order valence-corrected chi connectivity index (χ1v) is 5.74. The molecule has 14 heavy (non-hydrogen) atoms. The zero-order valence-electron chi connectivity index (χ0n) is 8.34. The van der Waals surface area contributed by atoms with E-state index in [4.69, 9.17) is 0 Å². The molecule has 1 rings (SSSR count). The number of nitrogens with one attached hydrogen (secondary N) is 1. The van der Waals surface area contributed by atoms with Crippen molar-refractivity contribution in [2.45, 2.75) is 6.54 Å². The monoisotopic (exact) mass is 217 g/mol. The molecule has 0 fully saturated rings. The lowest BCUT2D eigenvalue weighted by Crippen LogP contribution is -2.37. The van der Waals surface area contributed by atoms with Crippen LogP contribution in [0.4, 0.5) is 0 Å². The molecule has 0 aliphatic rings. The minimum absolute atomic E-state index is 0.398. The van der Waals surface area contributed by atoms with Gasteiger partial charge in [-0.15, -0.1) is 0 Å². The summed E-state index contributed by atoms with van der Waals surface area (Å²) in [4.78, 5) is 0. The van der Waals surface area contributed by atoms with E-state index in [1.54, 1.807) is 0 Å². The highest BCUT2D eigenvalue weighted by Crippen LogP contribution is 1.91. The summed E-state index contributed by atoms with van der Waals surface area (Å²) in [6.45, 7) is 1.04. The van der Waals surface area contributed by atoms with Crippen molar-refractivity contribution in [3.8, 4) is 0 Å². The van der Waals surface area contributed by atoms with E-state index in [2.05, 4.69) is 4.72 Å². The van der Waals surface area contributed by atoms with Gasteiger partial charge >= 0.3 is 0 Å². The first-order chi connectivity index (χ1) is 6.52. The summed E-state index contributed by atoms with van der Waals surface area (Å²) in [5, 5.41) is 0. The van der Waals surface area contributed by atoms with Gasteiger partial charge in [-0.1, -0.05) is 0 Å². The summed E-state index contributed by atoms with van der Waals surface area (Å²) < 4.78 is 28.1. The van der Waals surface area contributed by atoms with Gasteiger partial charge in [0.05, 0.1) is 0 Å². The molecule has 0 saturated heterocycles. The van der Waals surface area contributed by atoms with Crippen LogP contribution in [0.1, 0.15) is 0 Å². The van der Waals surface area contributed by atoms with Gasteiger partial charge in [-0.05, 0) is 12.1 Å². The topological polar surface area (TPSA) is 54.3 Å². The van der Waals surface area contributed by atoms with Crippen molar-refractivity contribution in [3.63, 3.8) is 0 Å². The predicted octanol–water partition coefficient (Wildman–Crippen LogP) is -0.116. The molecule has 0 unspecified atom stereocenters. The zero-order valence-corrected chi connectivity index (χ0v) is 9.16. The highest BCUT2D eigenvalue weighted by Gasteiger charge is 2.10. The number of rotatable bonds is 5. The Kier molecular flexibility index (Phi) is 3.68. The Morgan fingerprint density at radius 1 is 1.29 bits per heavy atom. The second-order valence-corrected chi connectivity index (χ2v) is 5.07. The highest BCUT2D eigenvalue weighted by molar-refractivity contribution is 7.87. The highest BCUT2D eigenvalue weighted by atomic mass is 32.2. The van der Waals surface area contributed by atoms with Crippen LogP contribution < -0.4 is 4.72 Å². The van der Waals surface area contributed by atoms with Crippen molar-refractivity contribution >= 4 is 10.2 Å². The standard InChI is InChI=1S/C8H15N3O2S/c1-10(2)14(12,13)9-5-8-11-6-3-4-7-11/h3-4,6-7,9H,5,8H2,1-2H3. The van der Waals surface area contributed by atoms with Crippen LogP contribution in [-0.2, 0) is 16.8 Å². The van der Waals surface area contributed by atoms with Gasteiger partial charge in [-0.2, -0.15) is 12.7 Å². The molecule has 80 valence electrons. The summed E-state index contributed by atoms with van der Waals surface area (Å²) in [5.74, 6) is 0. The van der Waals surface area contributed by atoms with Crippen LogP contribution in [0.2, 0.25) is 0 Å². The van der Waals surface area contributed by atoms with E-state index in [1.807, 2.05) is 29.1 Å². The van der Waals surface area contributed by atoms with Gasteiger partial charge < -0.3 is 4.57 Å². The maximum atomic E-state index is 11.3. The van der Waals surface area contributed by atoms with Crippen molar-refractivity contribution in [2.24, 2.45) is 0 Å². The van der Waals surface area contributed by atoms with E-state index in [0.717, 1.165) is 4.31 Å². The van der Waals surface area contributed by atoms with Crippen LogP contribution >= 0.6 is 0 Å². The molecule has 0 aliphatic carbocycles. The first kappa shape index (κ1) is 11.2. The third-order valence-corrected chi connectivity index (χ3v) is 3.33. The largest absolute Gasteiger partial charge is 0.353 e. The number of hydrogen-bond acceptors (Lipinski definition) is 2. The normalized spacial score (nSPS) is 12.2. The van der Waals surface area contributed by atoms with Crippen molar-refractivity contribution in [1.82, 2.24) is 13.6 Å². The Labute approximate surface area is 84.5 Å². The van der Waals surface area contributed by atoms with Crippen molar-refractivity contribution in [3.05, 3.63) is 24.5 Å². The van der Waals surface area contributed by atoms with Crippen molar-refractivity contribution < 1.29 is 8.42 Å². The third kappa shape index (κ3) is 3.13. The molecule has 0 radical (unpaired) electrons. The predicted molar refractivity (Wildman–Crippen MR) is 55.0 cm³/mol. The molecule has 0 spiro atoms. The van der Waals surface area contributed by atoms with Crippen LogP contribution in [0, 0.1) is 0 Å². The van der Waals surface area contributed by atoms with Gasteiger partial charge in [-0.3, -0.25) is 0 Å². The van der Waals surface area contributed by atoms with E-state index < -0.39 is 10.2 Å². The molecule has 0 bridgehead atoms. The molecule has 6 heteroatoms. The van der Waals surface area contributed by atoms with E-state index in [1.165, 1.54) is 14.1 Å². The van der Waals surface area contributed by atoms with E-state index in [0.29, 0.717) is 13.1 Å². The van der Waals surface area contributed by atoms with E-state index >= 15 is 0 Å². The lowest BCUT2D eigenvalue weighted by Gasteiger charge is -2.12. The fourth-order valence-corrected chi connectivity index (χ4v) is 1.56. The quantitative estimate of drug-likeness (QED) is 0.748. The van der Waals surface area contributed by atoms with Crippen molar-refractivity contribution in [2.75, 3.05) is 20.6 Å². The van der Waals surface area contributed by atoms with Crippen LogP contribution in [0.25, 0.3) is 0 Å². The lowest BCUT2D eigenvalue weighted by atomic mass is 10.6. The molecule has 0 aliphatic heterocycles. The number of aromatic nitrogens is 1. The van der Waals surface area contributed by atoms with Crippen LogP contribution in [-0.4, -0.2) is 37.9 Å². The third-order valence-electron chi connectivity index (χ3n) is 1.80. The van der Waals surface area contributed by atoms with Crippen LogP contribution in [0.15, 0.2) is 24.5 Å². The van der Waals surface area contributed by atoms with Gasteiger partial charge in [0, 0.05) is 39.6 Å². The maximum absolute atomic E-state index is 11.3. The van der Waals surface area contributed by atoms with E-state index in [9.17, 15) is 8.42 Å². The summed E-state index contributed by atoms with van der Waals surface area (Å²) in [5.41, 5.74) is 0. The molecule has 0 atom stereocenters. The molecule has 0 saturated carbocycles. The van der Waals surface area contributed by atoms with Crippen LogP contribution in [0.3, 0.4) is 0 Å². The summed E-state index contributed by atoms with van der Waals surface area (Å²) >= 11 is 0. The SMILES string of the molecule is CN(C)S(=O)(=O)NCCn1cccc1. The Morgan fingerprint density at radius 2 is 1.86 bits per heavy atom. The summed E-state index contributed by atoms with van der Waals surface area (Å²) in [6.07, 6.45) is 3.79. The summed E-state index contributed by atoms with van der Waals surface area (Å²) in [6, 6.07) is 3.81. The lowest BCUT2D eigenvalue weighted by molar-refractivity contribution is 0.501. The molecule has 0 amide bonds. The second kappa shape index (κ2) is 4.59. The maximum Gasteiger partial charge on any atom is 0.278 e. The molecule has 1 aromatic rings. The fraction of sp³-hybridized carbons (Fsp3) is 0.500. The minimum atomic E-state index is -3.28. The Balaban J connectivity index is 2.36. The molecule has 0 aromatic carbocycles. The fourth-order valence-electron chi connectivity index (χ4n) is 0.952. The number of hydrogen-bond donors (Lipinski definition) is 1. The Morgan fingerprint density at radius 3 is 2.36 bits per heavy atom. The second-order valence-electron chi connectivity index (χ2n) is 3.10. The van der Waals surface area contributed by atoms with Gasteiger partial charge in [0.15, 0.2) is 0 Å². The molecular formula is C8H15N3O2S. The average Bonchev–Trinajstić information content (AvgIpc) is 2.56. The molecule has 5 nitrogen and oxygen atoms in total. The van der Waals surface area contributed by atoms with Gasteiger partial charge in [0.2, 0.25) is 0 Å². The molecular weight excluding hydrogens is 202 g/mol. The number of nitrogens with zero attached hydrogens (tertiary/aromatic N) is 2. The van der Waals surface area contributed by atoms with Gasteiger partial charge in [0.1, 0.15) is 0 Å². The smallest absolute Gasteiger partial charge is 0.278 e. The average molecular weight is 217 g/mol. The molecule has 1 aromatic heterocycles. The van der Waals surface area contributed by atoms with Gasteiger partial charge in [-0.25, -0.2) is 4.72 Å². The zero-order chi connectivity index (χ0) is 10.6. The van der Waals surface area contributed by atoms with Gasteiger partial charge in [0.25, 0.3) is 10.2 Å². The van der Waals surface area contributed by atoms with Crippen LogP contribution in [0.5, 0.6) is 0 Å². The summed E-state index contributed by atoms with van der Waals surface area (Å²) in [7, 11) is -0.285. The molecule has 1 N–H and O–H groups in total. The Bertz CT molecular complexity index is 356. The molecule has 1 heterocycles. The Hall–Kier alpha value is -0.850. The van der Waals surface area contributed by atoms with Crippen molar-refractivity contribution in [1.29, 1.82) is 0 Å². The first-order valence-electron chi connectivity index (χ1n) is 4.30. The minimum Gasteiger partial charge on any atom is -0.353 e. The van der Waals surface area contributed by atoms with E-state index in [-0.39, 0.29) is 0 Å².